The largest absolute Gasteiger partial charge is 0.433 e. The second-order valence-electron chi connectivity index (χ2n) is 4.85. The van der Waals surface area contributed by atoms with Crippen molar-refractivity contribution in [1.29, 1.82) is 0 Å². The molecule has 0 spiro atoms. The van der Waals surface area contributed by atoms with Gasteiger partial charge in [0.05, 0.1) is 11.2 Å². The Balaban J connectivity index is 2.60. The molecule has 1 amide bonds. The van der Waals surface area contributed by atoms with E-state index >= 15 is 0 Å². The number of halogens is 3. The lowest BCUT2D eigenvalue weighted by molar-refractivity contribution is -0.141. The Morgan fingerprint density at radius 1 is 1.43 bits per heavy atom. The summed E-state index contributed by atoms with van der Waals surface area (Å²) in [6, 6.07) is 1.77. The third-order valence-electron chi connectivity index (χ3n) is 2.79. The van der Waals surface area contributed by atoms with Crippen LogP contribution < -0.4 is 5.32 Å². The predicted octanol–water partition coefficient (Wildman–Crippen LogP) is 1.62. The first-order chi connectivity index (χ1) is 9.65. The Morgan fingerprint density at radius 3 is 2.57 bits per heavy atom. The highest BCUT2D eigenvalue weighted by Crippen LogP contribution is 2.27. The van der Waals surface area contributed by atoms with Gasteiger partial charge < -0.3 is 15.2 Å². The number of methoxy groups -OCH3 is 1. The van der Waals surface area contributed by atoms with Crippen LogP contribution in [0.15, 0.2) is 18.3 Å². The molecule has 0 saturated carbocycles. The molecule has 1 aromatic heterocycles. The summed E-state index contributed by atoms with van der Waals surface area (Å²) < 4.78 is 41.8. The highest BCUT2D eigenvalue weighted by Gasteiger charge is 2.32. The van der Waals surface area contributed by atoms with E-state index in [0.29, 0.717) is 13.0 Å². The van der Waals surface area contributed by atoms with E-state index in [9.17, 15) is 23.1 Å². The van der Waals surface area contributed by atoms with E-state index in [2.05, 4.69) is 10.3 Å². The Kier molecular flexibility index (Phi) is 5.68. The molecule has 0 aliphatic rings. The van der Waals surface area contributed by atoms with Gasteiger partial charge in [0, 0.05) is 32.9 Å². The van der Waals surface area contributed by atoms with Gasteiger partial charge in [-0.15, -0.1) is 0 Å². The van der Waals surface area contributed by atoms with Crippen molar-refractivity contribution in [2.24, 2.45) is 0 Å². The highest BCUT2D eigenvalue weighted by molar-refractivity contribution is 5.93. The van der Waals surface area contributed by atoms with Crippen molar-refractivity contribution in [3.63, 3.8) is 0 Å². The second-order valence-corrected chi connectivity index (χ2v) is 4.85. The third kappa shape index (κ3) is 5.68. The molecular weight excluding hydrogens is 289 g/mol. The minimum atomic E-state index is -4.54. The maximum absolute atomic E-state index is 12.3. The van der Waals surface area contributed by atoms with Crippen molar-refractivity contribution < 1.29 is 27.8 Å². The number of carbonyl (C=O) groups excluding carboxylic acids is 1. The third-order valence-corrected chi connectivity index (χ3v) is 2.79. The van der Waals surface area contributed by atoms with E-state index in [-0.39, 0.29) is 12.1 Å². The lowest BCUT2D eigenvalue weighted by Crippen LogP contribution is -2.41. The van der Waals surface area contributed by atoms with Crippen LogP contribution in [-0.2, 0) is 10.9 Å². The van der Waals surface area contributed by atoms with E-state index in [1.807, 2.05) is 0 Å². The first-order valence-corrected chi connectivity index (χ1v) is 6.18. The standard InChI is InChI=1S/C13H17F3N2O3/c1-12(20,5-6-21-2)8-18-11(19)9-3-4-10(17-7-9)13(14,15)16/h3-4,7,20H,5-6,8H2,1-2H3,(H,18,19). The maximum Gasteiger partial charge on any atom is 0.433 e. The zero-order valence-electron chi connectivity index (χ0n) is 11.7. The normalized spacial score (nSPS) is 14.6. The lowest BCUT2D eigenvalue weighted by atomic mass is 10.0. The van der Waals surface area contributed by atoms with Crippen molar-refractivity contribution in [1.82, 2.24) is 10.3 Å². The van der Waals surface area contributed by atoms with Crippen LogP contribution in [0, 0.1) is 0 Å². The quantitative estimate of drug-likeness (QED) is 0.838. The molecule has 1 heterocycles. The van der Waals surface area contributed by atoms with Crippen molar-refractivity contribution in [2.45, 2.75) is 25.1 Å². The fraction of sp³-hybridized carbons (Fsp3) is 0.538. The van der Waals surface area contributed by atoms with Crippen molar-refractivity contribution in [3.8, 4) is 0 Å². The lowest BCUT2D eigenvalue weighted by Gasteiger charge is -2.23. The summed E-state index contributed by atoms with van der Waals surface area (Å²) in [5, 5.41) is 12.4. The molecule has 0 aliphatic heterocycles. The number of hydrogen-bond acceptors (Lipinski definition) is 4. The number of aliphatic hydroxyl groups is 1. The smallest absolute Gasteiger partial charge is 0.388 e. The van der Waals surface area contributed by atoms with Gasteiger partial charge >= 0.3 is 6.18 Å². The fourth-order valence-electron chi connectivity index (χ4n) is 1.48. The van der Waals surface area contributed by atoms with E-state index in [1.165, 1.54) is 14.0 Å². The molecule has 118 valence electrons. The Labute approximate surface area is 120 Å². The summed E-state index contributed by atoms with van der Waals surface area (Å²) >= 11 is 0. The van der Waals surface area contributed by atoms with Crippen LogP contribution in [0.2, 0.25) is 0 Å². The highest BCUT2D eigenvalue weighted by atomic mass is 19.4. The average Bonchev–Trinajstić information content (AvgIpc) is 2.42. The summed E-state index contributed by atoms with van der Waals surface area (Å²) in [5.74, 6) is -0.603. The molecule has 0 radical (unpaired) electrons. The molecule has 1 unspecified atom stereocenters. The SMILES string of the molecule is COCCC(C)(O)CNC(=O)c1ccc(C(F)(F)F)nc1. The molecule has 1 rings (SSSR count). The monoisotopic (exact) mass is 306 g/mol. The van der Waals surface area contributed by atoms with Crippen LogP contribution in [0.1, 0.15) is 29.4 Å². The summed E-state index contributed by atoms with van der Waals surface area (Å²) in [4.78, 5) is 14.9. The molecule has 2 N–H and O–H groups in total. The number of alkyl halides is 3. The van der Waals surface area contributed by atoms with Crippen molar-refractivity contribution >= 4 is 5.91 Å². The number of nitrogens with one attached hydrogen (secondary N) is 1. The minimum absolute atomic E-state index is 0.00876. The molecule has 0 saturated heterocycles. The zero-order chi connectivity index (χ0) is 16.1. The number of carbonyl (C=O) groups is 1. The molecule has 1 atom stereocenters. The molecule has 0 aliphatic carbocycles. The van der Waals surface area contributed by atoms with Gasteiger partial charge in [0.1, 0.15) is 5.69 Å². The van der Waals surface area contributed by atoms with Crippen LogP contribution in [0.4, 0.5) is 13.2 Å². The van der Waals surface area contributed by atoms with Crippen LogP contribution in [0.5, 0.6) is 0 Å². The molecular formula is C13H17F3N2O3. The summed E-state index contributed by atoms with van der Waals surface area (Å²) in [5.41, 5.74) is -2.23. The number of rotatable bonds is 6. The average molecular weight is 306 g/mol. The number of hydrogen-bond donors (Lipinski definition) is 2. The van der Waals surface area contributed by atoms with E-state index in [1.54, 1.807) is 0 Å². The fourth-order valence-corrected chi connectivity index (χ4v) is 1.48. The number of pyridine rings is 1. The van der Waals surface area contributed by atoms with Crippen LogP contribution in [-0.4, -0.2) is 41.9 Å². The molecule has 0 aromatic carbocycles. The zero-order valence-corrected chi connectivity index (χ0v) is 11.7. The van der Waals surface area contributed by atoms with E-state index in [4.69, 9.17) is 4.74 Å². The second kappa shape index (κ2) is 6.86. The molecule has 5 nitrogen and oxygen atoms in total. The minimum Gasteiger partial charge on any atom is -0.388 e. The number of nitrogens with zero attached hydrogens (tertiary/aromatic N) is 1. The molecule has 8 heteroatoms. The van der Waals surface area contributed by atoms with Gasteiger partial charge in [-0.25, -0.2) is 0 Å². The Bertz CT molecular complexity index is 473. The molecule has 0 fully saturated rings. The van der Waals surface area contributed by atoms with Gasteiger partial charge in [0.25, 0.3) is 5.91 Å². The first kappa shape index (κ1) is 17.4. The van der Waals surface area contributed by atoms with Crippen LogP contribution in [0.3, 0.4) is 0 Å². The Morgan fingerprint density at radius 2 is 2.10 bits per heavy atom. The van der Waals surface area contributed by atoms with Gasteiger partial charge in [-0.1, -0.05) is 0 Å². The number of ether oxygens (including phenoxy) is 1. The summed E-state index contributed by atoms with van der Waals surface area (Å²) in [7, 11) is 1.49. The van der Waals surface area contributed by atoms with Gasteiger partial charge in [-0.2, -0.15) is 13.2 Å². The van der Waals surface area contributed by atoms with Gasteiger partial charge in [0.2, 0.25) is 0 Å². The molecule has 21 heavy (non-hydrogen) atoms. The first-order valence-electron chi connectivity index (χ1n) is 6.18. The van der Waals surface area contributed by atoms with Crippen molar-refractivity contribution in [3.05, 3.63) is 29.6 Å². The molecule has 1 aromatic rings. The summed E-state index contributed by atoms with van der Waals surface area (Å²) in [6.07, 6.45) is -3.38. The topological polar surface area (TPSA) is 71.5 Å². The van der Waals surface area contributed by atoms with Crippen LogP contribution in [0.25, 0.3) is 0 Å². The van der Waals surface area contributed by atoms with Crippen molar-refractivity contribution in [2.75, 3.05) is 20.3 Å². The molecule has 0 bridgehead atoms. The van der Waals surface area contributed by atoms with Gasteiger partial charge in [-0.3, -0.25) is 9.78 Å². The van der Waals surface area contributed by atoms with Gasteiger partial charge in [0.15, 0.2) is 0 Å². The van der Waals surface area contributed by atoms with E-state index < -0.39 is 23.4 Å². The predicted molar refractivity (Wildman–Crippen MR) is 68.7 cm³/mol. The van der Waals surface area contributed by atoms with Crippen LogP contribution >= 0.6 is 0 Å². The van der Waals surface area contributed by atoms with Gasteiger partial charge in [-0.05, 0) is 19.1 Å². The summed E-state index contributed by atoms with van der Waals surface area (Å²) in [6.45, 7) is 1.80. The number of aromatic nitrogens is 1. The number of amides is 1. The Hall–Kier alpha value is -1.67. The van der Waals surface area contributed by atoms with E-state index in [0.717, 1.165) is 18.3 Å². The maximum atomic E-state index is 12.3.